The molecule has 5 heteroatoms. The molecule has 0 saturated heterocycles. The summed E-state index contributed by atoms with van der Waals surface area (Å²) in [6.07, 6.45) is 0. The van der Waals surface area contributed by atoms with Crippen molar-refractivity contribution in [2.45, 2.75) is 6.54 Å². The molecular weight excluding hydrogens is 280 g/mol. The summed E-state index contributed by atoms with van der Waals surface area (Å²) in [4.78, 5) is 11.3. The third kappa shape index (κ3) is 3.65. The minimum Gasteiger partial charge on any atom is -0.496 e. The number of amides is 1. The van der Waals surface area contributed by atoms with Crippen molar-refractivity contribution in [2.75, 3.05) is 7.11 Å². The summed E-state index contributed by atoms with van der Waals surface area (Å²) in [5, 5.41) is 11.8. The van der Waals surface area contributed by atoms with Crippen molar-refractivity contribution < 1.29 is 14.7 Å². The fraction of sp³-hybridized carbons (Fsp3) is 0.118. The lowest BCUT2D eigenvalue weighted by Gasteiger charge is -2.12. The highest BCUT2D eigenvalue weighted by molar-refractivity contribution is 5.93. The molecule has 0 radical (unpaired) electrons. The zero-order valence-corrected chi connectivity index (χ0v) is 12.3. The number of hydrogen-bond acceptors (Lipinski definition) is 4. The molecule has 22 heavy (non-hydrogen) atoms. The van der Waals surface area contributed by atoms with Gasteiger partial charge in [0, 0.05) is 23.4 Å². The van der Waals surface area contributed by atoms with Crippen LogP contribution in [0.25, 0.3) is 5.70 Å². The maximum Gasteiger partial charge on any atom is 0.274 e. The lowest BCUT2D eigenvalue weighted by molar-refractivity contribution is 0.0706. The number of hydrogen-bond donors (Lipinski definition) is 3. The van der Waals surface area contributed by atoms with Crippen LogP contribution in [-0.4, -0.2) is 18.2 Å². The molecule has 0 saturated carbocycles. The highest BCUT2D eigenvalue weighted by Crippen LogP contribution is 2.18. The quantitative estimate of drug-likeness (QED) is 0.566. The van der Waals surface area contributed by atoms with Crippen LogP contribution in [0.2, 0.25) is 0 Å². The second-order valence-corrected chi connectivity index (χ2v) is 4.66. The first-order valence-electron chi connectivity index (χ1n) is 6.75. The predicted octanol–water partition coefficient (Wildman–Crippen LogP) is 2.57. The van der Waals surface area contributed by atoms with E-state index in [4.69, 9.17) is 9.94 Å². The van der Waals surface area contributed by atoms with Crippen LogP contribution in [-0.2, 0) is 6.54 Å². The van der Waals surface area contributed by atoms with Crippen LogP contribution in [0, 0.1) is 0 Å². The number of para-hydroxylation sites is 1. The fourth-order valence-electron chi connectivity index (χ4n) is 2.04. The molecule has 3 N–H and O–H groups in total. The largest absolute Gasteiger partial charge is 0.496 e. The van der Waals surface area contributed by atoms with Gasteiger partial charge in [-0.05, 0) is 23.8 Å². The zero-order valence-electron chi connectivity index (χ0n) is 12.3. The number of ether oxygens (including phenoxy) is 1. The van der Waals surface area contributed by atoms with Crippen LogP contribution in [0.5, 0.6) is 5.75 Å². The fourth-order valence-corrected chi connectivity index (χ4v) is 2.04. The Balaban J connectivity index is 2.02. The number of carbonyl (C=O) groups excluding carboxylic acids is 1. The predicted molar refractivity (Wildman–Crippen MR) is 84.6 cm³/mol. The van der Waals surface area contributed by atoms with E-state index >= 15 is 0 Å². The monoisotopic (exact) mass is 298 g/mol. The number of rotatable bonds is 6. The van der Waals surface area contributed by atoms with Crippen LogP contribution in [0.3, 0.4) is 0 Å². The van der Waals surface area contributed by atoms with Gasteiger partial charge in [0.05, 0.1) is 7.11 Å². The van der Waals surface area contributed by atoms with Gasteiger partial charge in [-0.3, -0.25) is 10.0 Å². The van der Waals surface area contributed by atoms with E-state index in [1.54, 1.807) is 36.9 Å². The molecule has 0 unspecified atom stereocenters. The Bertz CT molecular complexity index is 666. The average molecular weight is 298 g/mol. The summed E-state index contributed by atoms with van der Waals surface area (Å²) in [5.74, 6) is 0.275. The molecule has 0 aliphatic rings. The number of methoxy groups -OCH3 is 1. The van der Waals surface area contributed by atoms with Crippen LogP contribution in [0.15, 0.2) is 55.1 Å². The highest BCUT2D eigenvalue weighted by atomic mass is 16.5. The van der Waals surface area contributed by atoms with E-state index in [1.165, 1.54) is 0 Å². The van der Waals surface area contributed by atoms with Crippen molar-refractivity contribution in [3.63, 3.8) is 0 Å². The smallest absolute Gasteiger partial charge is 0.274 e. The Hall–Kier alpha value is -2.79. The van der Waals surface area contributed by atoms with E-state index in [0.29, 0.717) is 12.1 Å². The van der Waals surface area contributed by atoms with Crippen LogP contribution >= 0.6 is 0 Å². The molecule has 0 fully saturated rings. The average Bonchev–Trinajstić information content (AvgIpc) is 2.59. The minimum absolute atomic E-state index is 0.378. The van der Waals surface area contributed by atoms with E-state index in [1.807, 2.05) is 24.3 Å². The third-order valence-corrected chi connectivity index (χ3v) is 3.28. The molecule has 2 aromatic rings. The maximum atomic E-state index is 11.3. The van der Waals surface area contributed by atoms with E-state index in [0.717, 1.165) is 22.6 Å². The molecule has 0 spiro atoms. The first-order chi connectivity index (χ1) is 10.7. The van der Waals surface area contributed by atoms with Gasteiger partial charge in [0.15, 0.2) is 0 Å². The van der Waals surface area contributed by atoms with Gasteiger partial charge in [-0.25, -0.2) is 5.48 Å². The molecule has 2 rings (SSSR count). The molecule has 0 atom stereocenters. The van der Waals surface area contributed by atoms with Gasteiger partial charge >= 0.3 is 0 Å². The summed E-state index contributed by atoms with van der Waals surface area (Å²) in [6, 6.07) is 14.5. The van der Waals surface area contributed by atoms with Crippen molar-refractivity contribution >= 4 is 11.6 Å². The normalized spacial score (nSPS) is 9.91. The van der Waals surface area contributed by atoms with Crippen LogP contribution in [0.4, 0.5) is 0 Å². The summed E-state index contributed by atoms with van der Waals surface area (Å²) in [5.41, 5.74) is 4.61. The molecule has 5 nitrogen and oxygen atoms in total. The highest BCUT2D eigenvalue weighted by Gasteiger charge is 2.06. The molecule has 1 amide bonds. The number of nitrogens with one attached hydrogen (secondary N) is 2. The van der Waals surface area contributed by atoms with Crippen molar-refractivity contribution in [3.8, 4) is 5.75 Å². The van der Waals surface area contributed by atoms with Gasteiger partial charge in [0.1, 0.15) is 5.75 Å². The summed E-state index contributed by atoms with van der Waals surface area (Å²) >= 11 is 0. The van der Waals surface area contributed by atoms with E-state index in [2.05, 4.69) is 11.9 Å². The molecule has 0 aliphatic heterocycles. The van der Waals surface area contributed by atoms with Gasteiger partial charge < -0.3 is 10.1 Å². The molecular formula is C17H18N2O3. The van der Waals surface area contributed by atoms with Crippen molar-refractivity contribution in [2.24, 2.45) is 0 Å². The number of hydroxylamine groups is 1. The standard InChI is InChI=1S/C17H18N2O3/c1-12(13-7-9-14(10-8-13)17(20)19-21)18-11-15-5-3-4-6-16(15)22-2/h3-10,18,21H,1,11H2,2H3,(H,19,20). The van der Waals surface area contributed by atoms with Crippen molar-refractivity contribution in [1.82, 2.24) is 10.8 Å². The van der Waals surface area contributed by atoms with Crippen LogP contribution in [0.1, 0.15) is 21.5 Å². The van der Waals surface area contributed by atoms with Gasteiger partial charge in [-0.2, -0.15) is 0 Å². The lowest BCUT2D eigenvalue weighted by atomic mass is 10.1. The minimum atomic E-state index is -0.542. The van der Waals surface area contributed by atoms with Gasteiger partial charge in [-0.1, -0.05) is 36.9 Å². The maximum absolute atomic E-state index is 11.3. The van der Waals surface area contributed by atoms with Crippen LogP contribution < -0.4 is 15.5 Å². The SMILES string of the molecule is C=C(NCc1ccccc1OC)c1ccc(C(=O)NO)cc1. The van der Waals surface area contributed by atoms with Gasteiger partial charge in [-0.15, -0.1) is 0 Å². The lowest BCUT2D eigenvalue weighted by Crippen LogP contribution is -2.18. The molecule has 0 aliphatic carbocycles. The van der Waals surface area contributed by atoms with E-state index in [9.17, 15) is 4.79 Å². The molecule has 0 bridgehead atoms. The Kier molecular flexibility index (Phi) is 5.16. The first-order valence-corrected chi connectivity index (χ1v) is 6.75. The Labute approximate surface area is 129 Å². The molecule has 0 heterocycles. The molecule has 114 valence electrons. The van der Waals surface area contributed by atoms with E-state index < -0.39 is 5.91 Å². The molecule has 0 aromatic heterocycles. The summed E-state index contributed by atoms with van der Waals surface area (Å²) in [6.45, 7) is 4.57. The Morgan fingerprint density at radius 1 is 1.14 bits per heavy atom. The summed E-state index contributed by atoms with van der Waals surface area (Å²) in [7, 11) is 1.64. The Morgan fingerprint density at radius 2 is 1.77 bits per heavy atom. The van der Waals surface area contributed by atoms with Gasteiger partial charge in [0.25, 0.3) is 5.91 Å². The number of carbonyl (C=O) groups is 1. The van der Waals surface area contributed by atoms with Gasteiger partial charge in [0.2, 0.25) is 0 Å². The Morgan fingerprint density at radius 3 is 2.41 bits per heavy atom. The number of benzene rings is 2. The second-order valence-electron chi connectivity index (χ2n) is 4.66. The van der Waals surface area contributed by atoms with E-state index in [-0.39, 0.29) is 0 Å². The third-order valence-electron chi connectivity index (χ3n) is 3.28. The summed E-state index contributed by atoms with van der Waals surface area (Å²) < 4.78 is 5.30. The van der Waals surface area contributed by atoms with Crippen molar-refractivity contribution in [1.29, 1.82) is 0 Å². The second kappa shape index (κ2) is 7.28. The van der Waals surface area contributed by atoms with Crippen molar-refractivity contribution in [3.05, 3.63) is 71.8 Å². The zero-order chi connectivity index (χ0) is 15.9. The molecule has 2 aromatic carbocycles. The topological polar surface area (TPSA) is 70.6 Å². The first kappa shape index (κ1) is 15.6.